The van der Waals surface area contributed by atoms with E-state index in [1.165, 1.54) is 0 Å². The van der Waals surface area contributed by atoms with Crippen LogP contribution in [0.2, 0.25) is 0 Å². The average molecular weight is 393 g/mol. The number of furan rings is 1. The molecule has 1 aromatic heterocycles. The molecular weight excluding hydrogens is 366 g/mol. The molecule has 1 aliphatic rings. The van der Waals surface area contributed by atoms with Gasteiger partial charge in [0.25, 0.3) is 0 Å². The van der Waals surface area contributed by atoms with Gasteiger partial charge in [0.05, 0.1) is 25.2 Å². The summed E-state index contributed by atoms with van der Waals surface area (Å²) in [6.07, 6.45) is 1.49. The van der Waals surface area contributed by atoms with Crippen molar-refractivity contribution in [2.75, 3.05) is 13.7 Å². The van der Waals surface area contributed by atoms with Crippen molar-refractivity contribution in [3.8, 4) is 5.75 Å². The van der Waals surface area contributed by atoms with E-state index in [1.807, 2.05) is 62.4 Å². The molecule has 0 unspecified atom stereocenters. The third-order valence-corrected chi connectivity index (χ3v) is 5.72. The third-order valence-electron chi connectivity index (χ3n) is 5.72. The van der Waals surface area contributed by atoms with Gasteiger partial charge in [-0.05, 0) is 50.5 Å². The molecule has 1 N–H and O–H groups in total. The van der Waals surface area contributed by atoms with Gasteiger partial charge in [-0.3, -0.25) is 4.79 Å². The van der Waals surface area contributed by atoms with Crippen LogP contribution in [0, 0.1) is 12.8 Å². The number of ether oxygens (including phenoxy) is 2. The van der Waals surface area contributed by atoms with Gasteiger partial charge in [-0.2, -0.15) is 0 Å². The minimum Gasteiger partial charge on any atom is -0.497 e. The summed E-state index contributed by atoms with van der Waals surface area (Å²) >= 11 is 0. The molecule has 0 aliphatic carbocycles. The van der Waals surface area contributed by atoms with E-state index in [1.54, 1.807) is 7.11 Å². The standard InChI is InChI=1S/C24H27NO4/c1-15-20-14-18(27-3)11-12-21(20)29-22(15)16(2)25-24(26)19-10-7-13-28-23(19)17-8-5-4-6-9-17/h4-6,8-9,11-12,14,16,19,23H,7,10,13H2,1-3H3,(H,25,26)/t16-,19-,23-/m0/s1. The normalized spacial score (nSPS) is 20.4. The fourth-order valence-electron chi connectivity index (χ4n) is 4.17. The first-order chi connectivity index (χ1) is 14.1. The lowest BCUT2D eigenvalue weighted by Gasteiger charge is -2.32. The summed E-state index contributed by atoms with van der Waals surface area (Å²) in [5.41, 5.74) is 2.86. The molecule has 5 heteroatoms. The van der Waals surface area contributed by atoms with E-state index >= 15 is 0 Å². The first-order valence-electron chi connectivity index (χ1n) is 10.1. The lowest BCUT2D eigenvalue weighted by Crippen LogP contribution is -2.38. The molecular formula is C24H27NO4. The Balaban J connectivity index is 1.54. The van der Waals surface area contributed by atoms with Crippen LogP contribution < -0.4 is 10.1 Å². The van der Waals surface area contributed by atoms with Gasteiger partial charge in [-0.15, -0.1) is 0 Å². The topological polar surface area (TPSA) is 60.7 Å². The van der Waals surface area contributed by atoms with Crippen LogP contribution in [0.3, 0.4) is 0 Å². The minimum absolute atomic E-state index is 0.00323. The Morgan fingerprint density at radius 1 is 1.21 bits per heavy atom. The maximum Gasteiger partial charge on any atom is 0.226 e. The number of hydrogen-bond acceptors (Lipinski definition) is 4. The summed E-state index contributed by atoms with van der Waals surface area (Å²) in [5.74, 6) is 1.35. The fraction of sp³-hybridized carbons (Fsp3) is 0.375. The molecule has 4 rings (SSSR count). The van der Waals surface area contributed by atoms with Crippen molar-refractivity contribution >= 4 is 16.9 Å². The summed E-state index contributed by atoms with van der Waals surface area (Å²) in [4.78, 5) is 13.1. The average Bonchev–Trinajstić information content (AvgIpc) is 3.10. The highest BCUT2D eigenvalue weighted by molar-refractivity contribution is 5.84. The zero-order valence-electron chi connectivity index (χ0n) is 17.1. The molecule has 1 fully saturated rings. The molecule has 152 valence electrons. The first-order valence-corrected chi connectivity index (χ1v) is 10.1. The number of benzene rings is 2. The lowest BCUT2D eigenvalue weighted by atomic mass is 9.88. The molecule has 0 bridgehead atoms. The van der Waals surface area contributed by atoms with Crippen molar-refractivity contribution in [3.05, 3.63) is 65.4 Å². The van der Waals surface area contributed by atoms with Crippen LogP contribution in [0.25, 0.3) is 11.0 Å². The van der Waals surface area contributed by atoms with Gasteiger partial charge in [0.2, 0.25) is 5.91 Å². The molecule has 0 radical (unpaired) electrons. The molecule has 1 aliphatic heterocycles. The Morgan fingerprint density at radius 3 is 2.76 bits per heavy atom. The molecule has 2 aromatic carbocycles. The van der Waals surface area contributed by atoms with E-state index in [0.717, 1.165) is 46.4 Å². The van der Waals surface area contributed by atoms with Crippen molar-refractivity contribution in [1.29, 1.82) is 0 Å². The molecule has 5 nitrogen and oxygen atoms in total. The second kappa shape index (κ2) is 8.29. The highest BCUT2D eigenvalue weighted by Gasteiger charge is 2.34. The van der Waals surface area contributed by atoms with E-state index in [4.69, 9.17) is 13.9 Å². The number of aryl methyl sites for hydroxylation is 1. The predicted octanol–water partition coefficient (Wildman–Crippen LogP) is 5.09. The van der Waals surface area contributed by atoms with Gasteiger partial charge >= 0.3 is 0 Å². The van der Waals surface area contributed by atoms with E-state index in [2.05, 4.69) is 5.32 Å². The number of nitrogens with one attached hydrogen (secondary N) is 1. The Labute approximate surface area is 171 Å². The van der Waals surface area contributed by atoms with Gasteiger partial charge in [-0.1, -0.05) is 30.3 Å². The number of methoxy groups -OCH3 is 1. The highest BCUT2D eigenvalue weighted by atomic mass is 16.5. The minimum atomic E-state index is -0.237. The Bertz CT molecular complexity index is 995. The van der Waals surface area contributed by atoms with Gasteiger partial charge in [0.1, 0.15) is 17.1 Å². The SMILES string of the molecule is COc1ccc2oc([C@H](C)NC(=O)[C@H]3CCCO[C@H]3c3ccccc3)c(C)c2c1. The molecule has 1 saturated heterocycles. The van der Waals surface area contributed by atoms with Crippen molar-refractivity contribution in [1.82, 2.24) is 5.32 Å². The second-order valence-corrected chi connectivity index (χ2v) is 7.63. The van der Waals surface area contributed by atoms with Crippen LogP contribution >= 0.6 is 0 Å². The van der Waals surface area contributed by atoms with Gasteiger partial charge in [0.15, 0.2) is 0 Å². The molecule has 0 spiro atoms. The fourth-order valence-corrected chi connectivity index (χ4v) is 4.17. The van der Waals surface area contributed by atoms with Crippen molar-refractivity contribution in [2.45, 2.75) is 38.8 Å². The predicted molar refractivity (Wildman–Crippen MR) is 112 cm³/mol. The van der Waals surface area contributed by atoms with E-state index < -0.39 is 0 Å². The highest BCUT2D eigenvalue weighted by Crippen LogP contribution is 2.35. The maximum absolute atomic E-state index is 13.1. The smallest absolute Gasteiger partial charge is 0.226 e. The quantitative estimate of drug-likeness (QED) is 0.655. The third kappa shape index (κ3) is 3.87. The number of amides is 1. The zero-order valence-corrected chi connectivity index (χ0v) is 17.1. The molecule has 3 aromatic rings. The van der Waals surface area contributed by atoms with E-state index in [9.17, 15) is 4.79 Å². The van der Waals surface area contributed by atoms with Crippen LogP contribution in [0.4, 0.5) is 0 Å². The van der Waals surface area contributed by atoms with Crippen LogP contribution in [-0.2, 0) is 9.53 Å². The second-order valence-electron chi connectivity index (χ2n) is 7.63. The monoisotopic (exact) mass is 393 g/mol. The van der Waals surface area contributed by atoms with E-state index in [-0.39, 0.29) is 24.0 Å². The van der Waals surface area contributed by atoms with E-state index in [0.29, 0.717) is 6.61 Å². The number of carbonyl (C=O) groups excluding carboxylic acids is 1. The van der Waals surface area contributed by atoms with Crippen LogP contribution in [0.15, 0.2) is 52.9 Å². The Hall–Kier alpha value is -2.79. The maximum atomic E-state index is 13.1. The summed E-state index contributed by atoms with van der Waals surface area (Å²) in [6.45, 7) is 4.66. The summed E-state index contributed by atoms with van der Waals surface area (Å²) in [7, 11) is 1.65. The molecule has 1 amide bonds. The number of rotatable bonds is 5. The zero-order chi connectivity index (χ0) is 20.4. The van der Waals surface area contributed by atoms with Crippen molar-refractivity contribution < 1.29 is 18.7 Å². The van der Waals surface area contributed by atoms with Gasteiger partial charge in [0, 0.05) is 17.6 Å². The number of carbonyl (C=O) groups is 1. The number of fused-ring (bicyclic) bond motifs is 1. The van der Waals surface area contributed by atoms with Crippen LogP contribution in [0.5, 0.6) is 5.75 Å². The van der Waals surface area contributed by atoms with Crippen molar-refractivity contribution in [3.63, 3.8) is 0 Å². The van der Waals surface area contributed by atoms with Crippen molar-refractivity contribution in [2.24, 2.45) is 5.92 Å². The summed E-state index contributed by atoms with van der Waals surface area (Å²) in [6, 6.07) is 15.5. The summed E-state index contributed by atoms with van der Waals surface area (Å²) in [5, 5.41) is 4.16. The Kier molecular flexibility index (Phi) is 5.58. The summed E-state index contributed by atoms with van der Waals surface area (Å²) < 4.78 is 17.4. The largest absolute Gasteiger partial charge is 0.497 e. The first kappa shape index (κ1) is 19.5. The van der Waals surface area contributed by atoms with Crippen LogP contribution in [-0.4, -0.2) is 19.6 Å². The van der Waals surface area contributed by atoms with Gasteiger partial charge < -0.3 is 19.2 Å². The molecule has 29 heavy (non-hydrogen) atoms. The Morgan fingerprint density at radius 2 is 2.00 bits per heavy atom. The molecule has 2 heterocycles. The molecule has 0 saturated carbocycles. The van der Waals surface area contributed by atoms with Gasteiger partial charge in [-0.25, -0.2) is 0 Å². The molecule has 3 atom stereocenters. The number of hydrogen-bond donors (Lipinski definition) is 1. The van der Waals surface area contributed by atoms with Crippen LogP contribution in [0.1, 0.15) is 48.8 Å². The lowest BCUT2D eigenvalue weighted by molar-refractivity contribution is -0.135.